The smallest absolute Gasteiger partial charge is 0.147 e. The summed E-state index contributed by atoms with van der Waals surface area (Å²) in [6.45, 7) is 27.3. The summed E-state index contributed by atoms with van der Waals surface area (Å²) in [7, 11) is 0. The van der Waals surface area contributed by atoms with Crippen molar-refractivity contribution in [2.45, 2.75) is 101 Å². The van der Waals surface area contributed by atoms with Crippen LogP contribution in [0.2, 0.25) is 0 Å². The summed E-state index contributed by atoms with van der Waals surface area (Å²) < 4.78 is 12.4. The van der Waals surface area contributed by atoms with E-state index in [0.29, 0.717) is 5.75 Å². The van der Waals surface area contributed by atoms with Crippen LogP contribution in [-0.4, -0.2) is 5.97 Å². The molecule has 2 aromatic rings. The van der Waals surface area contributed by atoms with Crippen LogP contribution < -0.4 is 8.06 Å². The molecule has 34 heavy (non-hydrogen) atoms. The molecule has 0 aliphatic carbocycles. The number of aryl methyl sites for hydroxylation is 2. The van der Waals surface area contributed by atoms with Crippen LogP contribution in [-0.2, 0) is 36.4 Å². The minimum Gasteiger partial charge on any atom is -0.147 e. The maximum absolute atomic E-state index is 13.2. The first kappa shape index (κ1) is 30.7. The second kappa shape index (κ2) is 10.4. The van der Waals surface area contributed by atoms with Crippen molar-refractivity contribution in [2.75, 3.05) is 0 Å². The van der Waals surface area contributed by atoms with Crippen LogP contribution in [0.5, 0.6) is 11.5 Å². The zero-order chi connectivity index (χ0) is 25.7. The number of ether oxygens (including phenoxy) is 1. The van der Waals surface area contributed by atoms with Crippen LogP contribution in [0, 0.1) is 33.1 Å². The van der Waals surface area contributed by atoms with Gasteiger partial charge in [0.2, 0.25) is 0 Å². The Morgan fingerprint density at radius 1 is 0.706 bits per heavy atom. The van der Waals surface area contributed by atoms with Gasteiger partial charge < -0.3 is 0 Å². The Bertz CT molecular complexity index is 1080. The Morgan fingerprint density at radius 3 is 1.38 bits per heavy atom. The van der Waals surface area contributed by atoms with Crippen LogP contribution >= 0.6 is 12.4 Å². The standard InChI is InChI=1S/C29H42O3.ClH.Ti/c1-16-14-20(27(5,6)7)24(30)22(18(16)3)23-19(4)17(2)15-21(28(8,9)10)25(23)32-26(31)29(11,12)13;;/h14-15,30H,1-13H3;1H;/q;;+1/p-1. The summed E-state index contributed by atoms with van der Waals surface area (Å²) in [6.07, 6.45) is 0. The van der Waals surface area contributed by atoms with Crippen molar-refractivity contribution in [1.29, 1.82) is 0 Å². The quantitative estimate of drug-likeness (QED) is 0.231. The topological polar surface area (TPSA) is 35.5 Å². The molecule has 0 aromatic heterocycles. The van der Waals surface area contributed by atoms with Crippen LogP contribution in [0.3, 0.4) is 0 Å². The number of carbonyl (C=O) groups is 1. The van der Waals surface area contributed by atoms with E-state index in [2.05, 4.69) is 81.4 Å². The number of hydrogen-bond acceptors (Lipinski definition) is 3. The molecule has 0 fully saturated rings. The van der Waals surface area contributed by atoms with Crippen LogP contribution in [0.1, 0.15) is 95.7 Å². The minimum absolute atomic E-state index is 0. The third-order valence-electron chi connectivity index (χ3n) is 6.37. The minimum atomic E-state index is -0.618. The van der Waals surface area contributed by atoms with E-state index in [1.54, 1.807) is 20.8 Å². The molecule has 0 unspecified atom stereocenters. The van der Waals surface area contributed by atoms with Gasteiger partial charge in [0.1, 0.15) is 0 Å². The number of hydrogen-bond donors (Lipinski definition) is 0. The molecule has 2 aromatic carbocycles. The molecule has 0 aliphatic heterocycles. The molecule has 3 nitrogen and oxygen atoms in total. The zero-order valence-corrected chi connectivity index (χ0v) is 25.7. The molecule has 0 heterocycles. The van der Waals surface area contributed by atoms with Crippen LogP contribution in [0.25, 0.3) is 11.1 Å². The molecular formula is C29H42ClO3Ti. The van der Waals surface area contributed by atoms with E-state index in [0.717, 1.165) is 39.1 Å². The maximum Gasteiger partial charge on any atom is -0.147 e. The molecule has 0 radical (unpaired) electrons. The second-order valence-electron chi connectivity index (χ2n) is 12.4. The maximum atomic E-state index is 13.2. The van der Waals surface area contributed by atoms with E-state index >= 15 is 0 Å². The number of carbonyl (C=O) groups excluding carboxylic acids is 1. The molecule has 5 heteroatoms. The number of benzene rings is 2. The van der Waals surface area contributed by atoms with Gasteiger partial charge >= 0.3 is 214 Å². The summed E-state index contributed by atoms with van der Waals surface area (Å²) in [5.41, 5.74) is 7.83. The summed E-state index contributed by atoms with van der Waals surface area (Å²) in [5, 5.41) is 0. The van der Waals surface area contributed by atoms with Crippen molar-refractivity contribution in [1.82, 2.24) is 0 Å². The third-order valence-corrected chi connectivity index (χ3v) is 6.69. The molecule has 0 N–H and O–H groups in total. The number of rotatable bonds is 3. The van der Waals surface area contributed by atoms with Crippen LogP contribution in [0.15, 0.2) is 12.1 Å². The summed E-state index contributed by atoms with van der Waals surface area (Å²) in [5.74, 6) is 1.27. The fourth-order valence-corrected chi connectivity index (χ4v) is 4.29. The van der Waals surface area contributed by atoms with Crippen molar-refractivity contribution in [3.05, 3.63) is 45.5 Å². The molecule has 0 aliphatic rings. The van der Waals surface area contributed by atoms with Gasteiger partial charge in [0, 0.05) is 0 Å². The Hall–Kier alpha value is -1.29. The van der Waals surface area contributed by atoms with Gasteiger partial charge in [-0.2, -0.15) is 0 Å². The molecule has 0 saturated heterocycles. The monoisotopic (exact) mass is 521 g/mol. The van der Waals surface area contributed by atoms with E-state index in [9.17, 15) is 4.79 Å². The molecule has 2 rings (SSSR count). The van der Waals surface area contributed by atoms with Crippen molar-refractivity contribution >= 4 is 18.4 Å². The van der Waals surface area contributed by atoms with Gasteiger partial charge in [0.05, 0.1) is 0 Å². The van der Waals surface area contributed by atoms with Crippen molar-refractivity contribution in [2.24, 2.45) is 5.41 Å². The SMILES string of the molecule is Cc1cc(C(C)(C)C)c([O][Ti])c(-c2c(C)c(C)cc(C(C)(C)C)c2OC(=O)C(C)(C)C)c1C.Cl. The second-order valence-corrected chi connectivity index (χ2v) is 12.7. The normalized spacial score (nSPS) is 12.2. The first-order valence-corrected chi connectivity index (χ1v) is 12.3. The van der Waals surface area contributed by atoms with Crippen molar-refractivity contribution in [3.63, 3.8) is 0 Å². The van der Waals surface area contributed by atoms with Crippen LogP contribution in [0.4, 0.5) is 0 Å². The van der Waals surface area contributed by atoms with Gasteiger partial charge in [-0.1, -0.05) is 0 Å². The van der Waals surface area contributed by atoms with Crippen molar-refractivity contribution in [3.8, 4) is 22.6 Å². The Balaban J connectivity index is 0.00000578. The molecule has 0 spiro atoms. The van der Waals surface area contributed by atoms with Gasteiger partial charge in [-0.3, -0.25) is 0 Å². The molecule has 0 amide bonds. The average Bonchev–Trinajstić information content (AvgIpc) is 2.64. The number of esters is 1. The van der Waals surface area contributed by atoms with Gasteiger partial charge in [-0.05, 0) is 0 Å². The zero-order valence-electron chi connectivity index (χ0n) is 23.3. The first-order valence-electron chi connectivity index (χ1n) is 11.7. The van der Waals surface area contributed by atoms with Gasteiger partial charge in [-0.15, -0.1) is 12.4 Å². The largest absolute Gasteiger partial charge is 0.147 e. The predicted octanol–water partition coefficient (Wildman–Crippen LogP) is 8.40. The Labute approximate surface area is 225 Å². The van der Waals surface area contributed by atoms with Gasteiger partial charge in [-0.25, -0.2) is 0 Å². The molecular weight excluding hydrogens is 480 g/mol. The van der Waals surface area contributed by atoms with E-state index in [-0.39, 0.29) is 29.2 Å². The molecule has 187 valence electrons. The summed E-state index contributed by atoms with van der Waals surface area (Å²) >= 11 is 1.74. The van der Waals surface area contributed by atoms with E-state index in [4.69, 9.17) is 8.06 Å². The Kier molecular flexibility index (Phi) is 9.38. The third kappa shape index (κ3) is 6.09. The van der Waals surface area contributed by atoms with Crippen molar-refractivity contribution < 1.29 is 33.7 Å². The molecule has 0 saturated carbocycles. The number of halogens is 1. The molecule has 0 atom stereocenters. The predicted molar refractivity (Wildman–Crippen MR) is 141 cm³/mol. The average molecular weight is 522 g/mol. The fraction of sp³-hybridized carbons (Fsp3) is 0.552. The first-order chi connectivity index (χ1) is 14.8. The summed E-state index contributed by atoms with van der Waals surface area (Å²) in [4.78, 5) is 13.2. The van der Waals surface area contributed by atoms with Gasteiger partial charge in [0.15, 0.2) is 0 Å². The van der Waals surface area contributed by atoms with Gasteiger partial charge in [0.25, 0.3) is 0 Å². The van der Waals surface area contributed by atoms with E-state index in [1.807, 2.05) is 20.8 Å². The van der Waals surface area contributed by atoms with E-state index < -0.39 is 5.41 Å². The molecule has 0 bridgehead atoms. The summed E-state index contributed by atoms with van der Waals surface area (Å²) in [6, 6.07) is 4.40. The fourth-order valence-electron chi connectivity index (χ4n) is 3.96. The Morgan fingerprint density at radius 2 is 1.06 bits per heavy atom. The van der Waals surface area contributed by atoms with E-state index in [1.165, 1.54) is 11.1 Å².